The molecule has 1 amide bonds. The van der Waals surface area contributed by atoms with Crippen LogP contribution in [0.5, 0.6) is 11.5 Å². The molecule has 0 aromatic heterocycles. The van der Waals surface area contributed by atoms with Gasteiger partial charge in [-0.15, -0.1) is 0 Å². The van der Waals surface area contributed by atoms with E-state index in [1.807, 2.05) is 11.5 Å². The number of nitrogens with two attached hydrogens (primary N) is 1. The number of ether oxygens (including phenoxy) is 1. The molecule has 0 bridgehead atoms. The van der Waals surface area contributed by atoms with Crippen LogP contribution >= 0.6 is 0 Å². The maximum atomic E-state index is 12.3. The van der Waals surface area contributed by atoms with Crippen LogP contribution in [-0.2, 0) is 4.79 Å². The summed E-state index contributed by atoms with van der Waals surface area (Å²) >= 11 is 0. The highest BCUT2D eigenvalue weighted by Gasteiger charge is 2.13. The first-order valence-electron chi connectivity index (χ1n) is 6.84. The van der Waals surface area contributed by atoms with Gasteiger partial charge in [0.1, 0.15) is 18.1 Å². The third-order valence-corrected chi connectivity index (χ3v) is 3.01. The van der Waals surface area contributed by atoms with Crippen molar-refractivity contribution in [1.29, 1.82) is 0 Å². The minimum absolute atomic E-state index is 0.124. The molecule has 0 saturated heterocycles. The second-order valence-electron chi connectivity index (χ2n) is 4.60. The summed E-state index contributed by atoms with van der Waals surface area (Å²) in [5.41, 5.74) is 2.64. The van der Waals surface area contributed by atoms with Crippen molar-refractivity contribution in [2.45, 2.75) is 0 Å². The van der Waals surface area contributed by atoms with Crippen molar-refractivity contribution in [2.24, 2.45) is 5.84 Å². The molecule has 6 nitrogen and oxygen atoms in total. The van der Waals surface area contributed by atoms with Gasteiger partial charge in [-0.25, -0.2) is 5.84 Å². The molecule has 0 radical (unpaired) electrons. The number of hydrogen-bond acceptors (Lipinski definition) is 5. The lowest BCUT2D eigenvalue weighted by Crippen LogP contribution is -2.28. The van der Waals surface area contributed by atoms with Gasteiger partial charge in [-0.3, -0.25) is 15.0 Å². The Hall–Kier alpha value is -3.12. The number of amides is 1. The summed E-state index contributed by atoms with van der Waals surface area (Å²) in [6.07, 6.45) is 2.70. The Balaban J connectivity index is 2.05. The summed E-state index contributed by atoms with van der Waals surface area (Å²) in [5, 5.41) is 10.0. The number of carbonyl (C=O) groups is 2. The van der Waals surface area contributed by atoms with Crippen molar-refractivity contribution in [2.75, 3.05) is 6.61 Å². The van der Waals surface area contributed by atoms with Crippen LogP contribution in [-0.4, -0.2) is 23.4 Å². The number of nitrogens with one attached hydrogen (secondary N) is 1. The van der Waals surface area contributed by atoms with Crippen LogP contribution in [0.2, 0.25) is 0 Å². The molecule has 0 saturated carbocycles. The lowest BCUT2D eigenvalue weighted by molar-refractivity contribution is -0.116. The van der Waals surface area contributed by atoms with Gasteiger partial charge in [-0.2, -0.15) is 0 Å². The third kappa shape index (κ3) is 4.42. The predicted molar refractivity (Wildman–Crippen MR) is 84.9 cm³/mol. The molecule has 2 aromatic rings. The highest BCUT2D eigenvalue weighted by molar-refractivity contribution is 6.10. The van der Waals surface area contributed by atoms with Gasteiger partial charge in [0.25, 0.3) is 5.91 Å². The zero-order valence-corrected chi connectivity index (χ0v) is 12.2. The fourth-order valence-electron chi connectivity index (χ4n) is 1.89. The van der Waals surface area contributed by atoms with Crippen molar-refractivity contribution >= 4 is 11.7 Å². The number of hydrogen-bond donors (Lipinski definition) is 3. The largest absolute Gasteiger partial charge is 0.507 e. The molecule has 0 aliphatic rings. The number of hydrazine groups is 1. The quantitative estimate of drug-likeness (QED) is 0.247. The maximum Gasteiger partial charge on any atom is 0.257 e. The monoisotopic (exact) mass is 312 g/mol. The highest BCUT2D eigenvalue weighted by atomic mass is 16.5. The summed E-state index contributed by atoms with van der Waals surface area (Å²) in [6.45, 7) is 0.124. The molecule has 2 aromatic carbocycles. The number of carbonyl (C=O) groups excluding carboxylic acids is 2. The van der Waals surface area contributed by atoms with Crippen LogP contribution in [0.4, 0.5) is 0 Å². The molecule has 0 atom stereocenters. The lowest BCUT2D eigenvalue weighted by Gasteiger charge is -2.07. The second kappa shape index (κ2) is 7.77. The Morgan fingerprint density at radius 3 is 2.57 bits per heavy atom. The van der Waals surface area contributed by atoms with E-state index < -0.39 is 5.91 Å². The Morgan fingerprint density at radius 1 is 1.17 bits per heavy atom. The molecule has 0 aliphatic heterocycles. The number of benzene rings is 2. The molecule has 0 fully saturated rings. The van der Waals surface area contributed by atoms with E-state index in [1.165, 1.54) is 24.3 Å². The number of phenols is 1. The summed E-state index contributed by atoms with van der Waals surface area (Å²) in [4.78, 5) is 23.2. The number of aromatic hydroxyl groups is 1. The molecule has 2 rings (SSSR count). The molecular weight excluding hydrogens is 296 g/mol. The van der Waals surface area contributed by atoms with E-state index in [0.29, 0.717) is 11.3 Å². The zero-order chi connectivity index (χ0) is 16.7. The van der Waals surface area contributed by atoms with Gasteiger partial charge < -0.3 is 9.84 Å². The van der Waals surface area contributed by atoms with Crippen LogP contribution in [0, 0.1) is 0 Å². The van der Waals surface area contributed by atoms with Crippen molar-refractivity contribution in [1.82, 2.24) is 5.43 Å². The van der Waals surface area contributed by atoms with E-state index in [-0.39, 0.29) is 23.7 Å². The third-order valence-electron chi connectivity index (χ3n) is 3.01. The van der Waals surface area contributed by atoms with Crippen LogP contribution < -0.4 is 16.0 Å². The zero-order valence-electron chi connectivity index (χ0n) is 12.2. The second-order valence-corrected chi connectivity index (χ2v) is 4.60. The van der Waals surface area contributed by atoms with Gasteiger partial charge in [0.05, 0.1) is 5.56 Å². The average Bonchev–Trinajstić information content (AvgIpc) is 2.58. The molecular formula is C17H16N2O4. The number of phenolic OH excluding ortho intramolecular Hbond substituents is 1. The number of rotatable bonds is 6. The highest BCUT2D eigenvalue weighted by Crippen LogP contribution is 2.25. The minimum Gasteiger partial charge on any atom is -0.507 e. The Labute approximate surface area is 133 Å². The normalized spacial score (nSPS) is 10.5. The van der Waals surface area contributed by atoms with Gasteiger partial charge in [0.2, 0.25) is 0 Å². The molecule has 6 heteroatoms. The van der Waals surface area contributed by atoms with Gasteiger partial charge >= 0.3 is 0 Å². The van der Waals surface area contributed by atoms with E-state index in [4.69, 9.17) is 10.6 Å². The molecule has 118 valence electrons. The van der Waals surface area contributed by atoms with Crippen LogP contribution in [0.1, 0.15) is 15.9 Å². The van der Waals surface area contributed by atoms with Crippen molar-refractivity contribution in [3.05, 3.63) is 71.8 Å². The van der Waals surface area contributed by atoms with Crippen molar-refractivity contribution in [3.63, 3.8) is 0 Å². The van der Waals surface area contributed by atoms with Crippen LogP contribution in [0.15, 0.2) is 60.7 Å². The predicted octanol–water partition coefficient (Wildman–Crippen LogP) is 1.55. The lowest BCUT2D eigenvalue weighted by atomic mass is 10.0. The van der Waals surface area contributed by atoms with Crippen molar-refractivity contribution < 1.29 is 19.4 Å². The molecule has 23 heavy (non-hydrogen) atoms. The van der Waals surface area contributed by atoms with E-state index in [9.17, 15) is 14.7 Å². The van der Waals surface area contributed by atoms with E-state index in [1.54, 1.807) is 30.3 Å². The smallest absolute Gasteiger partial charge is 0.257 e. The summed E-state index contributed by atoms with van der Waals surface area (Å²) in [7, 11) is 0. The Kier molecular flexibility index (Phi) is 5.49. The van der Waals surface area contributed by atoms with E-state index in [0.717, 1.165) is 0 Å². The van der Waals surface area contributed by atoms with Gasteiger partial charge in [0.15, 0.2) is 5.78 Å². The first kappa shape index (κ1) is 16.3. The topological polar surface area (TPSA) is 102 Å². The van der Waals surface area contributed by atoms with Gasteiger partial charge in [-0.05, 0) is 18.2 Å². The van der Waals surface area contributed by atoms with Crippen LogP contribution in [0.3, 0.4) is 0 Å². The SMILES string of the molecule is NNC(=O)C=CCOc1ccc(C(=O)c2ccccc2)c(O)c1. The number of ketones is 1. The molecule has 0 spiro atoms. The fraction of sp³-hybridized carbons (Fsp3) is 0.0588. The first-order valence-corrected chi connectivity index (χ1v) is 6.84. The van der Waals surface area contributed by atoms with Crippen molar-refractivity contribution in [3.8, 4) is 11.5 Å². The summed E-state index contributed by atoms with van der Waals surface area (Å²) in [5.74, 6) is 4.42. The summed E-state index contributed by atoms with van der Waals surface area (Å²) in [6, 6.07) is 13.1. The van der Waals surface area contributed by atoms with E-state index in [2.05, 4.69) is 0 Å². The van der Waals surface area contributed by atoms with E-state index >= 15 is 0 Å². The molecule has 4 N–H and O–H groups in total. The van der Waals surface area contributed by atoms with Crippen LogP contribution in [0.25, 0.3) is 0 Å². The standard InChI is InChI=1S/C17H16N2O4/c18-19-16(21)7-4-10-23-13-8-9-14(15(20)11-13)17(22)12-5-2-1-3-6-12/h1-9,11,20H,10,18H2,(H,19,21). The average molecular weight is 312 g/mol. The summed E-state index contributed by atoms with van der Waals surface area (Å²) < 4.78 is 5.34. The molecule has 0 heterocycles. The van der Waals surface area contributed by atoms with Gasteiger partial charge in [-0.1, -0.05) is 30.3 Å². The molecule has 0 unspecified atom stereocenters. The Morgan fingerprint density at radius 2 is 1.91 bits per heavy atom. The first-order chi connectivity index (χ1) is 11.1. The van der Waals surface area contributed by atoms with Gasteiger partial charge in [0, 0.05) is 17.7 Å². The minimum atomic E-state index is -0.444. The maximum absolute atomic E-state index is 12.3. The fourth-order valence-corrected chi connectivity index (χ4v) is 1.89. The molecule has 0 aliphatic carbocycles. The Bertz CT molecular complexity index is 727.